The average Bonchev–Trinajstić information content (AvgIpc) is 2.62. The smallest absolute Gasteiger partial charge is 0.239 e. The Hall–Kier alpha value is -1.35. The van der Waals surface area contributed by atoms with E-state index >= 15 is 0 Å². The van der Waals surface area contributed by atoms with Crippen molar-refractivity contribution in [3.8, 4) is 0 Å². The lowest BCUT2D eigenvalue weighted by atomic mass is 10.1. The van der Waals surface area contributed by atoms with Gasteiger partial charge in [-0.3, -0.25) is 4.79 Å². The van der Waals surface area contributed by atoms with Crippen LogP contribution in [0, 0.1) is 0 Å². The molecule has 0 aromatic heterocycles. The van der Waals surface area contributed by atoms with Crippen LogP contribution in [0.1, 0.15) is 18.4 Å². The molecule has 2 rings (SSSR count). The van der Waals surface area contributed by atoms with E-state index in [9.17, 15) is 4.79 Å². The van der Waals surface area contributed by atoms with Crippen molar-refractivity contribution in [3.63, 3.8) is 0 Å². The molecule has 0 unspecified atom stereocenters. The van der Waals surface area contributed by atoms with Gasteiger partial charge in [-0.05, 0) is 24.8 Å². The second-order valence-corrected chi connectivity index (χ2v) is 4.31. The van der Waals surface area contributed by atoms with E-state index in [2.05, 4.69) is 12.1 Å². The first-order valence-corrected chi connectivity index (χ1v) is 5.85. The Bertz CT molecular complexity index is 350. The summed E-state index contributed by atoms with van der Waals surface area (Å²) in [6, 6.07) is 10.1. The molecule has 3 heteroatoms. The first kappa shape index (κ1) is 11.1. The van der Waals surface area contributed by atoms with E-state index in [4.69, 9.17) is 5.73 Å². The second kappa shape index (κ2) is 5.12. The molecule has 1 saturated heterocycles. The molecule has 3 nitrogen and oxygen atoms in total. The Morgan fingerprint density at radius 3 is 2.69 bits per heavy atom. The van der Waals surface area contributed by atoms with E-state index in [1.54, 1.807) is 0 Å². The summed E-state index contributed by atoms with van der Waals surface area (Å²) in [7, 11) is 0. The Morgan fingerprint density at radius 2 is 2.06 bits per heavy atom. The standard InChI is InChI=1S/C13H18N2O/c14-12-8-10-15(13(12)16)9-4-7-11-5-2-1-3-6-11/h1-3,5-6,12H,4,7-10,14H2/t12-/m0/s1. The minimum atomic E-state index is -0.253. The van der Waals surface area contributed by atoms with Gasteiger partial charge in [0.05, 0.1) is 6.04 Å². The molecule has 1 amide bonds. The van der Waals surface area contributed by atoms with Gasteiger partial charge in [-0.2, -0.15) is 0 Å². The summed E-state index contributed by atoms with van der Waals surface area (Å²) in [5, 5.41) is 0. The first-order valence-electron chi connectivity index (χ1n) is 5.85. The number of hydrogen-bond acceptors (Lipinski definition) is 2. The fraction of sp³-hybridized carbons (Fsp3) is 0.462. The van der Waals surface area contributed by atoms with Crippen molar-refractivity contribution in [1.82, 2.24) is 4.90 Å². The zero-order chi connectivity index (χ0) is 11.4. The maximum atomic E-state index is 11.5. The molecule has 0 aliphatic carbocycles. The SMILES string of the molecule is N[C@H]1CCN(CCCc2ccccc2)C1=O. The van der Waals surface area contributed by atoms with Gasteiger partial charge >= 0.3 is 0 Å². The largest absolute Gasteiger partial charge is 0.341 e. The van der Waals surface area contributed by atoms with Crippen LogP contribution >= 0.6 is 0 Å². The highest BCUT2D eigenvalue weighted by molar-refractivity contribution is 5.83. The van der Waals surface area contributed by atoms with Crippen LogP contribution in [0.25, 0.3) is 0 Å². The van der Waals surface area contributed by atoms with E-state index in [1.807, 2.05) is 23.1 Å². The van der Waals surface area contributed by atoms with Crippen LogP contribution in [0.4, 0.5) is 0 Å². The van der Waals surface area contributed by atoms with Crippen molar-refractivity contribution in [2.75, 3.05) is 13.1 Å². The number of benzene rings is 1. The number of hydrogen-bond donors (Lipinski definition) is 1. The third-order valence-corrected chi connectivity index (χ3v) is 3.08. The molecule has 0 bridgehead atoms. The normalized spacial score (nSPS) is 20.4. The van der Waals surface area contributed by atoms with E-state index in [1.165, 1.54) is 5.56 Å². The third-order valence-electron chi connectivity index (χ3n) is 3.08. The Balaban J connectivity index is 1.75. The van der Waals surface area contributed by atoms with Crippen LogP contribution in [0.5, 0.6) is 0 Å². The lowest BCUT2D eigenvalue weighted by Crippen LogP contribution is -2.34. The van der Waals surface area contributed by atoms with Crippen LogP contribution in [0.3, 0.4) is 0 Å². The van der Waals surface area contributed by atoms with Crippen molar-refractivity contribution >= 4 is 5.91 Å². The van der Waals surface area contributed by atoms with Gasteiger partial charge in [-0.25, -0.2) is 0 Å². The van der Waals surface area contributed by atoms with Crippen molar-refractivity contribution in [1.29, 1.82) is 0 Å². The third kappa shape index (κ3) is 2.61. The van der Waals surface area contributed by atoms with Crippen LogP contribution < -0.4 is 5.73 Å². The number of nitrogens with two attached hydrogens (primary N) is 1. The molecule has 1 heterocycles. The van der Waals surface area contributed by atoms with E-state index in [-0.39, 0.29) is 11.9 Å². The second-order valence-electron chi connectivity index (χ2n) is 4.31. The minimum absolute atomic E-state index is 0.119. The highest BCUT2D eigenvalue weighted by Crippen LogP contribution is 2.10. The molecule has 1 aromatic rings. The molecule has 0 saturated carbocycles. The first-order chi connectivity index (χ1) is 7.77. The zero-order valence-electron chi connectivity index (χ0n) is 9.43. The summed E-state index contributed by atoms with van der Waals surface area (Å²) >= 11 is 0. The average molecular weight is 218 g/mol. The summed E-state index contributed by atoms with van der Waals surface area (Å²) in [5.74, 6) is 0.119. The maximum Gasteiger partial charge on any atom is 0.239 e. The Labute approximate surface area is 96.2 Å². The number of carbonyl (C=O) groups is 1. The molecule has 86 valence electrons. The molecular formula is C13H18N2O. The summed E-state index contributed by atoms with van der Waals surface area (Å²) in [6.45, 7) is 1.66. The number of nitrogens with zero attached hydrogens (tertiary/aromatic N) is 1. The van der Waals surface area contributed by atoms with E-state index in [0.717, 1.165) is 32.4 Å². The van der Waals surface area contributed by atoms with Crippen molar-refractivity contribution in [2.24, 2.45) is 5.73 Å². The fourth-order valence-corrected chi connectivity index (χ4v) is 2.10. The van der Waals surface area contributed by atoms with Crippen LogP contribution in [-0.2, 0) is 11.2 Å². The number of aryl methyl sites for hydroxylation is 1. The summed E-state index contributed by atoms with van der Waals surface area (Å²) < 4.78 is 0. The fourth-order valence-electron chi connectivity index (χ4n) is 2.10. The quantitative estimate of drug-likeness (QED) is 0.825. The highest BCUT2D eigenvalue weighted by atomic mass is 16.2. The summed E-state index contributed by atoms with van der Waals surface area (Å²) in [5.41, 5.74) is 6.99. The molecule has 1 fully saturated rings. The van der Waals surface area contributed by atoms with Crippen LogP contribution in [0.15, 0.2) is 30.3 Å². The molecule has 1 aliphatic rings. The number of carbonyl (C=O) groups excluding carboxylic acids is 1. The Morgan fingerprint density at radius 1 is 1.31 bits per heavy atom. The molecule has 0 spiro atoms. The molecule has 2 N–H and O–H groups in total. The van der Waals surface area contributed by atoms with Gasteiger partial charge in [0.25, 0.3) is 0 Å². The molecule has 1 aliphatic heterocycles. The maximum absolute atomic E-state index is 11.5. The van der Waals surface area contributed by atoms with Gasteiger partial charge in [0.1, 0.15) is 0 Å². The van der Waals surface area contributed by atoms with Crippen molar-refractivity contribution in [3.05, 3.63) is 35.9 Å². The lowest BCUT2D eigenvalue weighted by Gasteiger charge is -2.15. The predicted molar refractivity (Wildman–Crippen MR) is 63.9 cm³/mol. The summed E-state index contributed by atoms with van der Waals surface area (Å²) in [4.78, 5) is 13.4. The Kier molecular flexibility index (Phi) is 3.57. The molecule has 16 heavy (non-hydrogen) atoms. The van der Waals surface area contributed by atoms with Gasteiger partial charge < -0.3 is 10.6 Å². The van der Waals surface area contributed by atoms with Crippen LogP contribution in [0.2, 0.25) is 0 Å². The lowest BCUT2D eigenvalue weighted by molar-refractivity contribution is -0.128. The van der Waals surface area contributed by atoms with E-state index in [0.29, 0.717) is 0 Å². The number of likely N-dealkylation sites (tertiary alicyclic amines) is 1. The van der Waals surface area contributed by atoms with Gasteiger partial charge in [0.15, 0.2) is 0 Å². The summed E-state index contributed by atoms with van der Waals surface area (Å²) in [6.07, 6.45) is 2.85. The van der Waals surface area contributed by atoms with Gasteiger partial charge in [-0.1, -0.05) is 30.3 Å². The number of rotatable bonds is 4. The monoisotopic (exact) mass is 218 g/mol. The topological polar surface area (TPSA) is 46.3 Å². The zero-order valence-corrected chi connectivity index (χ0v) is 9.43. The predicted octanol–water partition coefficient (Wildman–Crippen LogP) is 1.18. The molecule has 1 aromatic carbocycles. The van der Waals surface area contributed by atoms with Gasteiger partial charge in [0, 0.05) is 13.1 Å². The van der Waals surface area contributed by atoms with E-state index < -0.39 is 0 Å². The minimum Gasteiger partial charge on any atom is -0.341 e. The molecule has 0 radical (unpaired) electrons. The number of amides is 1. The van der Waals surface area contributed by atoms with Crippen molar-refractivity contribution in [2.45, 2.75) is 25.3 Å². The molecule has 1 atom stereocenters. The van der Waals surface area contributed by atoms with Crippen LogP contribution in [-0.4, -0.2) is 29.9 Å². The molecular weight excluding hydrogens is 200 g/mol. The van der Waals surface area contributed by atoms with Crippen molar-refractivity contribution < 1.29 is 4.79 Å². The van der Waals surface area contributed by atoms with Gasteiger partial charge in [-0.15, -0.1) is 0 Å². The highest BCUT2D eigenvalue weighted by Gasteiger charge is 2.27. The van der Waals surface area contributed by atoms with Gasteiger partial charge in [0.2, 0.25) is 5.91 Å².